The molecule has 0 spiro atoms. The normalized spacial score (nSPS) is 21.0. The summed E-state index contributed by atoms with van der Waals surface area (Å²) in [6, 6.07) is 5.00. The SMILES string of the molecule is CC(c1ccc(Cl)cc1Cl)N(C)CC(=O)N(C)C1CCS(=O)(=O)C1. The van der Waals surface area contributed by atoms with Crippen molar-refractivity contribution in [3.05, 3.63) is 33.8 Å². The first-order valence-corrected chi connectivity index (χ1v) is 10.3. The lowest BCUT2D eigenvalue weighted by Gasteiger charge is -2.29. The molecule has 24 heavy (non-hydrogen) atoms. The molecule has 1 aromatic rings. The first kappa shape index (κ1) is 19.5. The number of halogens is 2. The molecule has 0 aromatic heterocycles. The molecule has 1 fully saturated rings. The van der Waals surface area contributed by atoms with Gasteiger partial charge in [0, 0.05) is 29.2 Å². The van der Waals surface area contributed by atoms with E-state index < -0.39 is 9.84 Å². The number of likely N-dealkylation sites (N-methyl/N-ethyl adjacent to an activating group) is 2. The van der Waals surface area contributed by atoms with E-state index >= 15 is 0 Å². The van der Waals surface area contributed by atoms with Crippen LogP contribution in [0.1, 0.15) is 24.9 Å². The fourth-order valence-electron chi connectivity index (χ4n) is 2.82. The third-order valence-electron chi connectivity index (χ3n) is 4.61. The molecule has 0 radical (unpaired) electrons. The minimum atomic E-state index is -3.01. The second-order valence-electron chi connectivity index (χ2n) is 6.32. The van der Waals surface area contributed by atoms with Crippen LogP contribution in [0.3, 0.4) is 0 Å². The van der Waals surface area contributed by atoms with Gasteiger partial charge in [0.05, 0.1) is 18.1 Å². The molecule has 0 bridgehead atoms. The summed E-state index contributed by atoms with van der Waals surface area (Å²) in [5, 5.41) is 1.13. The van der Waals surface area contributed by atoms with Gasteiger partial charge in [0.15, 0.2) is 9.84 Å². The van der Waals surface area contributed by atoms with Crippen LogP contribution in [0.25, 0.3) is 0 Å². The molecule has 2 rings (SSSR count). The highest BCUT2D eigenvalue weighted by Crippen LogP contribution is 2.29. The first-order chi connectivity index (χ1) is 11.1. The molecule has 5 nitrogen and oxygen atoms in total. The van der Waals surface area contributed by atoms with Gasteiger partial charge in [0.2, 0.25) is 5.91 Å². The smallest absolute Gasteiger partial charge is 0.236 e. The standard InChI is InChI=1S/C16H22Cl2N2O3S/c1-11(14-5-4-12(17)8-15(14)18)19(2)9-16(21)20(3)13-6-7-24(22,23)10-13/h4-5,8,11,13H,6-7,9-10H2,1-3H3. The number of benzene rings is 1. The Labute approximate surface area is 153 Å². The second kappa shape index (κ2) is 7.60. The number of sulfone groups is 1. The van der Waals surface area contributed by atoms with E-state index in [1.165, 1.54) is 0 Å². The summed E-state index contributed by atoms with van der Waals surface area (Å²) in [5.74, 6) is 0.107. The summed E-state index contributed by atoms with van der Waals surface area (Å²) < 4.78 is 23.1. The Kier molecular flexibility index (Phi) is 6.18. The van der Waals surface area contributed by atoms with Crippen LogP contribution in [0.2, 0.25) is 10.0 Å². The van der Waals surface area contributed by atoms with Gasteiger partial charge in [-0.25, -0.2) is 8.42 Å². The first-order valence-electron chi connectivity index (χ1n) is 7.72. The van der Waals surface area contributed by atoms with Gasteiger partial charge in [-0.2, -0.15) is 0 Å². The maximum Gasteiger partial charge on any atom is 0.236 e. The average Bonchev–Trinajstić information content (AvgIpc) is 2.85. The maximum absolute atomic E-state index is 12.5. The number of carbonyl (C=O) groups is 1. The van der Waals surface area contributed by atoms with Gasteiger partial charge < -0.3 is 4.90 Å². The van der Waals surface area contributed by atoms with E-state index in [4.69, 9.17) is 23.2 Å². The van der Waals surface area contributed by atoms with Crippen molar-refractivity contribution in [3.63, 3.8) is 0 Å². The molecular formula is C16H22Cl2N2O3S. The Balaban J connectivity index is 2.00. The van der Waals surface area contributed by atoms with Crippen LogP contribution in [0.4, 0.5) is 0 Å². The van der Waals surface area contributed by atoms with E-state index in [9.17, 15) is 13.2 Å². The van der Waals surface area contributed by atoms with Crippen LogP contribution in [0.15, 0.2) is 18.2 Å². The summed E-state index contributed by atoms with van der Waals surface area (Å²) in [6.07, 6.45) is 0.507. The maximum atomic E-state index is 12.5. The zero-order chi connectivity index (χ0) is 18.1. The highest BCUT2D eigenvalue weighted by Gasteiger charge is 2.33. The lowest BCUT2D eigenvalue weighted by molar-refractivity contribution is -0.132. The largest absolute Gasteiger partial charge is 0.341 e. The number of hydrogen-bond donors (Lipinski definition) is 0. The molecule has 1 heterocycles. The second-order valence-corrected chi connectivity index (χ2v) is 9.39. The molecule has 1 aromatic carbocycles. The van der Waals surface area contributed by atoms with Crippen LogP contribution in [-0.2, 0) is 14.6 Å². The van der Waals surface area contributed by atoms with Gasteiger partial charge in [0.1, 0.15) is 0 Å². The lowest BCUT2D eigenvalue weighted by Crippen LogP contribution is -2.43. The summed E-state index contributed by atoms with van der Waals surface area (Å²) in [5.41, 5.74) is 0.891. The molecule has 0 N–H and O–H groups in total. The summed E-state index contributed by atoms with van der Waals surface area (Å²) in [7, 11) is 0.499. The van der Waals surface area contributed by atoms with E-state index in [-0.39, 0.29) is 36.0 Å². The number of amides is 1. The van der Waals surface area contributed by atoms with Crippen molar-refractivity contribution in [1.82, 2.24) is 9.80 Å². The van der Waals surface area contributed by atoms with Crippen LogP contribution < -0.4 is 0 Å². The predicted octanol–water partition coefficient (Wildman–Crippen LogP) is 2.63. The van der Waals surface area contributed by atoms with E-state index in [0.29, 0.717) is 16.5 Å². The molecule has 1 aliphatic heterocycles. The zero-order valence-electron chi connectivity index (χ0n) is 14.0. The van der Waals surface area contributed by atoms with Gasteiger partial charge in [0.25, 0.3) is 0 Å². The van der Waals surface area contributed by atoms with Gasteiger partial charge in [-0.1, -0.05) is 29.3 Å². The fraction of sp³-hybridized carbons (Fsp3) is 0.562. The van der Waals surface area contributed by atoms with Gasteiger partial charge in [-0.05, 0) is 38.1 Å². The van der Waals surface area contributed by atoms with Crippen molar-refractivity contribution in [2.45, 2.75) is 25.4 Å². The number of hydrogen-bond acceptors (Lipinski definition) is 4. The third kappa shape index (κ3) is 4.63. The molecule has 1 amide bonds. The van der Waals surface area contributed by atoms with Crippen LogP contribution in [0.5, 0.6) is 0 Å². The van der Waals surface area contributed by atoms with Crippen LogP contribution in [0, 0.1) is 0 Å². The topological polar surface area (TPSA) is 57.7 Å². The van der Waals surface area contributed by atoms with Gasteiger partial charge in [-0.15, -0.1) is 0 Å². The molecular weight excluding hydrogens is 371 g/mol. The Hall–Kier alpha value is -0.820. The molecule has 2 atom stereocenters. The van der Waals surface area contributed by atoms with Gasteiger partial charge >= 0.3 is 0 Å². The van der Waals surface area contributed by atoms with E-state index in [0.717, 1.165) is 5.56 Å². The van der Waals surface area contributed by atoms with E-state index in [2.05, 4.69) is 0 Å². The molecule has 1 aliphatic rings. The van der Waals surface area contributed by atoms with Crippen LogP contribution in [-0.4, -0.2) is 62.3 Å². The molecule has 1 saturated heterocycles. The monoisotopic (exact) mass is 392 g/mol. The average molecular weight is 393 g/mol. The number of nitrogens with zero attached hydrogens (tertiary/aromatic N) is 2. The van der Waals surface area contributed by atoms with Crippen molar-refractivity contribution in [2.24, 2.45) is 0 Å². The Bertz CT molecular complexity index is 724. The van der Waals surface area contributed by atoms with Crippen molar-refractivity contribution in [2.75, 3.05) is 32.1 Å². The lowest BCUT2D eigenvalue weighted by atomic mass is 10.1. The van der Waals surface area contributed by atoms with Crippen molar-refractivity contribution in [3.8, 4) is 0 Å². The molecule has 0 aliphatic carbocycles. The predicted molar refractivity (Wildman–Crippen MR) is 97.3 cm³/mol. The quantitative estimate of drug-likeness (QED) is 0.772. The fourth-order valence-corrected chi connectivity index (χ4v) is 5.16. The Morgan fingerprint density at radius 3 is 2.54 bits per heavy atom. The summed E-state index contributed by atoms with van der Waals surface area (Å²) >= 11 is 12.1. The van der Waals surface area contributed by atoms with Crippen LogP contribution >= 0.6 is 23.2 Å². The zero-order valence-corrected chi connectivity index (χ0v) is 16.3. The highest BCUT2D eigenvalue weighted by atomic mass is 35.5. The minimum Gasteiger partial charge on any atom is -0.341 e. The van der Waals surface area contributed by atoms with Crippen molar-refractivity contribution in [1.29, 1.82) is 0 Å². The number of carbonyl (C=O) groups excluding carboxylic acids is 1. The van der Waals surface area contributed by atoms with Crippen molar-refractivity contribution < 1.29 is 13.2 Å². The third-order valence-corrected chi connectivity index (χ3v) is 6.92. The Morgan fingerprint density at radius 1 is 1.33 bits per heavy atom. The Morgan fingerprint density at radius 2 is 2.00 bits per heavy atom. The highest BCUT2D eigenvalue weighted by molar-refractivity contribution is 7.91. The van der Waals surface area contributed by atoms with Gasteiger partial charge in [-0.3, -0.25) is 9.69 Å². The van der Waals surface area contributed by atoms with Crippen molar-refractivity contribution >= 4 is 38.9 Å². The van der Waals surface area contributed by atoms with E-state index in [1.807, 2.05) is 24.9 Å². The molecule has 2 unspecified atom stereocenters. The molecule has 0 saturated carbocycles. The minimum absolute atomic E-state index is 0.0531. The summed E-state index contributed by atoms with van der Waals surface area (Å²) in [6.45, 7) is 2.15. The summed E-state index contributed by atoms with van der Waals surface area (Å²) in [4.78, 5) is 15.9. The van der Waals surface area contributed by atoms with E-state index in [1.54, 1.807) is 24.1 Å². The molecule has 8 heteroatoms. The molecule has 134 valence electrons. The number of rotatable bonds is 5.